The fraction of sp³-hybridized carbons (Fsp3) is 0.350. The van der Waals surface area contributed by atoms with Gasteiger partial charge in [0.1, 0.15) is 17.8 Å². The Morgan fingerprint density at radius 3 is 2.30 bits per heavy atom. The fourth-order valence-electron chi connectivity index (χ4n) is 3.71. The average Bonchev–Trinajstić information content (AvgIpc) is 2.64. The molecular weight excluding hydrogens is 288 g/mol. The van der Waals surface area contributed by atoms with Gasteiger partial charge in [0.2, 0.25) is 0 Å². The van der Waals surface area contributed by atoms with Crippen molar-refractivity contribution in [3.05, 3.63) is 60.2 Å². The van der Waals surface area contributed by atoms with Crippen LogP contribution in [0.25, 0.3) is 0 Å². The maximum absolute atomic E-state index is 11.3. The van der Waals surface area contributed by atoms with Crippen LogP contribution < -0.4 is 4.74 Å². The zero-order valence-corrected chi connectivity index (χ0v) is 13.0. The number of ether oxygens (including phenoxy) is 2. The predicted molar refractivity (Wildman–Crippen MR) is 87.6 cm³/mol. The molecule has 0 aromatic heterocycles. The molecule has 23 heavy (non-hydrogen) atoms. The fourth-order valence-corrected chi connectivity index (χ4v) is 3.71. The molecule has 3 fully saturated rings. The second-order valence-corrected chi connectivity index (χ2v) is 6.71. The number of rotatable bonds is 4. The molecule has 0 unspecified atom stereocenters. The third-order valence-corrected chi connectivity index (χ3v) is 5.28. The van der Waals surface area contributed by atoms with Gasteiger partial charge in [0.25, 0.3) is 0 Å². The van der Waals surface area contributed by atoms with Gasteiger partial charge in [-0.15, -0.1) is 0 Å². The molecular formula is C20H20O3. The molecule has 0 radical (unpaired) electrons. The summed E-state index contributed by atoms with van der Waals surface area (Å²) in [7, 11) is 0. The lowest BCUT2D eigenvalue weighted by atomic mass is 9.65. The molecule has 1 aliphatic carbocycles. The third-order valence-electron chi connectivity index (χ3n) is 5.28. The first-order valence-corrected chi connectivity index (χ1v) is 8.18. The first kappa shape index (κ1) is 14.5. The van der Waals surface area contributed by atoms with Gasteiger partial charge in [0.15, 0.2) is 0 Å². The van der Waals surface area contributed by atoms with Crippen LogP contribution in [0.1, 0.15) is 31.2 Å². The van der Waals surface area contributed by atoms with Gasteiger partial charge in [-0.25, -0.2) is 0 Å². The number of para-hydroxylation sites is 1. The maximum atomic E-state index is 11.3. The zero-order valence-electron chi connectivity index (χ0n) is 13.0. The summed E-state index contributed by atoms with van der Waals surface area (Å²) in [6.07, 6.45) is 4.74. The summed E-state index contributed by atoms with van der Waals surface area (Å²) < 4.78 is 12.1. The summed E-state index contributed by atoms with van der Waals surface area (Å²) >= 11 is 0. The largest absolute Gasteiger partial charge is 0.457 e. The van der Waals surface area contributed by atoms with Crippen molar-refractivity contribution in [2.45, 2.75) is 31.3 Å². The summed E-state index contributed by atoms with van der Waals surface area (Å²) in [5.41, 5.74) is 0.672. The molecule has 0 N–H and O–H groups in total. The molecule has 0 atom stereocenters. The van der Waals surface area contributed by atoms with E-state index in [-0.39, 0.29) is 11.0 Å². The highest BCUT2D eigenvalue weighted by Gasteiger charge is 2.50. The van der Waals surface area contributed by atoms with E-state index in [2.05, 4.69) is 12.1 Å². The summed E-state index contributed by atoms with van der Waals surface area (Å²) in [5.74, 6) is 1.65. The van der Waals surface area contributed by atoms with Gasteiger partial charge in [0.05, 0.1) is 12.2 Å². The Morgan fingerprint density at radius 2 is 1.65 bits per heavy atom. The minimum Gasteiger partial charge on any atom is -0.457 e. The standard InChI is InChI=1S/C20H20O3/c21-14-19-9-11-20(12-10-19,22-15-19)16-5-4-8-18(13-16)23-17-6-2-1-3-7-17/h1-8,13-14H,9-12,15H2. The summed E-state index contributed by atoms with van der Waals surface area (Å²) in [6, 6.07) is 18.0. The van der Waals surface area contributed by atoms with Crippen LogP contribution in [0.15, 0.2) is 54.6 Å². The Hall–Kier alpha value is -2.13. The van der Waals surface area contributed by atoms with E-state index in [0.717, 1.165) is 49.0 Å². The molecule has 2 aliphatic heterocycles. The SMILES string of the molecule is O=CC12CCC(c3cccc(Oc4ccccc4)c3)(CC1)OC2. The molecule has 2 saturated heterocycles. The van der Waals surface area contributed by atoms with E-state index in [1.54, 1.807) is 0 Å². The molecule has 3 nitrogen and oxygen atoms in total. The Bertz CT molecular complexity index is 683. The number of hydrogen-bond acceptors (Lipinski definition) is 3. The Balaban J connectivity index is 1.59. The van der Waals surface area contributed by atoms with E-state index in [1.165, 1.54) is 0 Å². The van der Waals surface area contributed by atoms with Crippen molar-refractivity contribution >= 4 is 6.29 Å². The van der Waals surface area contributed by atoms with Crippen molar-refractivity contribution in [1.29, 1.82) is 0 Å². The summed E-state index contributed by atoms with van der Waals surface area (Å²) in [4.78, 5) is 11.3. The van der Waals surface area contributed by atoms with E-state index in [9.17, 15) is 4.79 Å². The first-order chi connectivity index (χ1) is 11.2. The molecule has 2 bridgehead atoms. The molecule has 5 rings (SSSR count). The lowest BCUT2D eigenvalue weighted by molar-refractivity contribution is -0.186. The Kier molecular flexibility index (Phi) is 3.46. The van der Waals surface area contributed by atoms with E-state index >= 15 is 0 Å². The van der Waals surface area contributed by atoms with Crippen LogP contribution in [0.5, 0.6) is 11.5 Å². The smallest absolute Gasteiger partial charge is 0.128 e. The van der Waals surface area contributed by atoms with Gasteiger partial charge in [0, 0.05) is 5.41 Å². The molecule has 0 spiro atoms. The second-order valence-electron chi connectivity index (χ2n) is 6.71. The quantitative estimate of drug-likeness (QED) is 0.782. The molecule has 118 valence electrons. The van der Waals surface area contributed by atoms with Crippen LogP contribution >= 0.6 is 0 Å². The molecule has 3 aliphatic rings. The Morgan fingerprint density at radius 1 is 0.913 bits per heavy atom. The van der Waals surface area contributed by atoms with E-state index < -0.39 is 0 Å². The molecule has 1 saturated carbocycles. The highest BCUT2D eigenvalue weighted by Crippen LogP contribution is 2.53. The number of fused-ring (bicyclic) bond motifs is 3. The van der Waals surface area contributed by atoms with Crippen LogP contribution in [0.2, 0.25) is 0 Å². The minimum absolute atomic E-state index is 0.236. The van der Waals surface area contributed by atoms with Crippen LogP contribution in [-0.4, -0.2) is 12.9 Å². The van der Waals surface area contributed by atoms with Crippen molar-refractivity contribution in [3.8, 4) is 11.5 Å². The van der Waals surface area contributed by atoms with Crippen LogP contribution in [0.3, 0.4) is 0 Å². The number of benzene rings is 2. The van der Waals surface area contributed by atoms with Gasteiger partial charge in [-0.3, -0.25) is 0 Å². The molecule has 3 heteroatoms. The van der Waals surface area contributed by atoms with Crippen LogP contribution in [0, 0.1) is 5.41 Å². The minimum atomic E-state index is -0.249. The molecule has 2 aromatic rings. The third kappa shape index (κ3) is 2.55. The van der Waals surface area contributed by atoms with Gasteiger partial charge in [-0.2, -0.15) is 0 Å². The summed E-state index contributed by atoms with van der Waals surface area (Å²) in [5, 5.41) is 0. The highest BCUT2D eigenvalue weighted by molar-refractivity contribution is 5.60. The van der Waals surface area contributed by atoms with Crippen molar-refractivity contribution < 1.29 is 14.3 Å². The average molecular weight is 308 g/mol. The highest BCUT2D eigenvalue weighted by atomic mass is 16.5. The number of carbonyl (C=O) groups excluding carboxylic acids is 1. The van der Waals surface area contributed by atoms with Crippen molar-refractivity contribution in [2.24, 2.45) is 5.41 Å². The van der Waals surface area contributed by atoms with Gasteiger partial charge >= 0.3 is 0 Å². The first-order valence-electron chi connectivity index (χ1n) is 8.18. The summed E-state index contributed by atoms with van der Waals surface area (Å²) in [6.45, 7) is 0.542. The Labute approximate surface area is 136 Å². The lowest BCUT2D eigenvalue weighted by Gasteiger charge is -2.51. The van der Waals surface area contributed by atoms with Crippen LogP contribution in [-0.2, 0) is 15.1 Å². The van der Waals surface area contributed by atoms with Gasteiger partial charge in [-0.05, 0) is 55.5 Å². The van der Waals surface area contributed by atoms with Gasteiger partial charge < -0.3 is 14.3 Å². The van der Waals surface area contributed by atoms with E-state index in [1.807, 2.05) is 42.5 Å². The molecule has 0 amide bonds. The van der Waals surface area contributed by atoms with Crippen molar-refractivity contribution in [2.75, 3.05) is 6.61 Å². The maximum Gasteiger partial charge on any atom is 0.128 e. The van der Waals surface area contributed by atoms with Crippen molar-refractivity contribution in [1.82, 2.24) is 0 Å². The lowest BCUT2D eigenvalue weighted by Crippen LogP contribution is -2.49. The predicted octanol–water partition coefficient (Wildman–Crippen LogP) is 4.46. The topological polar surface area (TPSA) is 35.5 Å². The van der Waals surface area contributed by atoms with Gasteiger partial charge in [-0.1, -0.05) is 30.3 Å². The second kappa shape index (κ2) is 5.50. The number of aldehydes is 1. The monoisotopic (exact) mass is 308 g/mol. The van der Waals surface area contributed by atoms with Crippen molar-refractivity contribution in [3.63, 3.8) is 0 Å². The molecule has 2 aromatic carbocycles. The number of hydrogen-bond donors (Lipinski definition) is 0. The zero-order chi connectivity index (χ0) is 15.8. The van der Waals surface area contributed by atoms with Crippen LogP contribution in [0.4, 0.5) is 0 Å². The molecule has 2 heterocycles. The van der Waals surface area contributed by atoms with E-state index in [0.29, 0.717) is 6.61 Å². The number of carbonyl (C=O) groups is 1. The van der Waals surface area contributed by atoms with E-state index in [4.69, 9.17) is 9.47 Å². The normalized spacial score (nSPS) is 29.2.